The van der Waals surface area contributed by atoms with Crippen molar-refractivity contribution in [2.24, 2.45) is 0 Å². The molecule has 3 nitrogen and oxygen atoms in total. The van der Waals surface area contributed by atoms with Crippen LogP contribution in [0, 0.1) is 0 Å². The number of rotatable bonds is 3. The van der Waals surface area contributed by atoms with Gasteiger partial charge in [0.05, 0.1) is 0 Å². The maximum absolute atomic E-state index is 7.00. The van der Waals surface area contributed by atoms with Crippen LogP contribution < -0.4 is 0 Å². The van der Waals surface area contributed by atoms with Crippen LogP contribution in [0.5, 0.6) is 0 Å². The van der Waals surface area contributed by atoms with Crippen LogP contribution in [-0.4, -0.2) is 39.1 Å². The molecule has 0 aromatic carbocycles. The molecule has 0 spiro atoms. The first kappa shape index (κ1) is 15.4. The van der Waals surface area contributed by atoms with Crippen molar-refractivity contribution in [3.8, 4) is 0 Å². The van der Waals surface area contributed by atoms with Gasteiger partial charge in [0.25, 0.3) is 0 Å². The van der Waals surface area contributed by atoms with E-state index in [0.717, 1.165) is 26.9 Å². The van der Waals surface area contributed by atoms with Gasteiger partial charge in [-0.15, -0.1) is 0 Å². The van der Waals surface area contributed by atoms with Gasteiger partial charge in [-0.05, 0) is 19.3 Å². The number of hydrogen-bond donors (Lipinski definition) is 1. The lowest BCUT2D eigenvalue weighted by Gasteiger charge is -1.89. The molecule has 0 radical (unpaired) electrons. The van der Waals surface area contributed by atoms with E-state index < -0.39 is 0 Å². The van der Waals surface area contributed by atoms with Gasteiger partial charge < -0.3 is 14.6 Å². The molecule has 0 aliphatic carbocycles. The second-order valence-corrected chi connectivity index (χ2v) is 2.67. The number of ether oxygens (including phenoxy) is 2. The van der Waals surface area contributed by atoms with Gasteiger partial charge in [0, 0.05) is 34.0 Å². The topological polar surface area (TPSA) is 38.7 Å². The standard InChI is InChI=1S/C5H12O.C4H8O.CH4O/c1-3-4-5-6-2;1-2-4-5-3-1;1-2/h3-5H2,1-2H3;1-4H2;2H,1H3. The molecule has 0 unspecified atom stereocenters. The third kappa shape index (κ3) is 18.7. The maximum Gasteiger partial charge on any atom is 0.0466 e. The Balaban J connectivity index is 0. The first-order chi connectivity index (χ1) is 6.41. The summed E-state index contributed by atoms with van der Waals surface area (Å²) < 4.78 is 9.73. The molecule has 3 heteroatoms. The molecule has 1 heterocycles. The van der Waals surface area contributed by atoms with Crippen LogP contribution in [0.2, 0.25) is 0 Å². The molecule has 0 aromatic rings. The van der Waals surface area contributed by atoms with Crippen molar-refractivity contribution >= 4 is 0 Å². The minimum atomic E-state index is 0.913. The fourth-order valence-electron chi connectivity index (χ4n) is 0.799. The molecule has 0 atom stereocenters. The van der Waals surface area contributed by atoms with E-state index in [1.165, 1.54) is 25.7 Å². The molecular weight excluding hydrogens is 168 g/mol. The van der Waals surface area contributed by atoms with Crippen LogP contribution in [0.1, 0.15) is 32.6 Å². The van der Waals surface area contributed by atoms with E-state index in [1.807, 2.05) is 0 Å². The Hall–Kier alpha value is -0.120. The molecule has 1 aliphatic heterocycles. The van der Waals surface area contributed by atoms with Gasteiger partial charge in [-0.1, -0.05) is 13.3 Å². The van der Waals surface area contributed by atoms with Crippen LogP contribution in [-0.2, 0) is 9.47 Å². The Bertz CT molecular complexity index is 51.6. The zero-order chi connectivity index (χ0) is 10.4. The zero-order valence-corrected chi connectivity index (χ0v) is 9.21. The Labute approximate surface area is 82.1 Å². The smallest absolute Gasteiger partial charge is 0.0466 e. The molecule has 1 rings (SSSR count). The molecule has 1 N–H and O–H groups in total. The number of methoxy groups -OCH3 is 1. The van der Waals surface area contributed by atoms with Crippen molar-refractivity contribution < 1.29 is 14.6 Å². The van der Waals surface area contributed by atoms with E-state index in [2.05, 4.69) is 6.92 Å². The van der Waals surface area contributed by atoms with Gasteiger partial charge in [0.1, 0.15) is 0 Å². The van der Waals surface area contributed by atoms with Crippen molar-refractivity contribution in [3.05, 3.63) is 0 Å². The predicted molar refractivity (Wildman–Crippen MR) is 55.0 cm³/mol. The highest BCUT2D eigenvalue weighted by molar-refractivity contribution is 4.43. The van der Waals surface area contributed by atoms with Crippen molar-refractivity contribution in [3.63, 3.8) is 0 Å². The zero-order valence-electron chi connectivity index (χ0n) is 9.21. The normalized spacial score (nSPS) is 13.8. The summed E-state index contributed by atoms with van der Waals surface area (Å²) in [6.07, 6.45) is 4.98. The predicted octanol–water partition coefficient (Wildman–Crippen LogP) is 1.84. The Morgan fingerprint density at radius 1 is 1.23 bits per heavy atom. The lowest BCUT2D eigenvalue weighted by molar-refractivity contribution is 0.194. The van der Waals surface area contributed by atoms with E-state index in [9.17, 15) is 0 Å². The molecule has 0 amide bonds. The summed E-state index contributed by atoms with van der Waals surface area (Å²) in [5.41, 5.74) is 0. The van der Waals surface area contributed by atoms with E-state index in [-0.39, 0.29) is 0 Å². The second kappa shape index (κ2) is 17.8. The van der Waals surface area contributed by atoms with Gasteiger partial charge in [0.2, 0.25) is 0 Å². The highest BCUT2D eigenvalue weighted by Crippen LogP contribution is 1.98. The molecule has 13 heavy (non-hydrogen) atoms. The average molecular weight is 192 g/mol. The first-order valence-electron chi connectivity index (χ1n) is 4.93. The van der Waals surface area contributed by atoms with Crippen LogP contribution in [0.25, 0.3) is 0 Å². The maximum atomic E-state index is 7.00. The molecule has 0 aromatic heterocycles. The fourth-order valence-corrected chi connectivity index (χ4v) is 0.799. The Kier molecular flexibility index (Phi) is 21.1. The Morgan fingerprint density at radius 2 is 1.77 bits per heavy atom. The lowest BCUT2D eigenvalue weighted by atomic mass is 10.4. The fraction of sp³-hybridized carbons (Fsp3) is 1.00. The summed E-state index contributed by atoms with van der Waals surface area (Å²) in [5, 5.41) is 7.00. The van der Waals surface area contributed by atoms with Crippen LogP contribution >= 0.6 is 0 Å². The number of aliphatic hydroxyl groups excluding tert-OH is 1. The van der Waals surface area contributed by atoms with E-state index in [0.29, 0.717) is 0 Å². The van der Waals surface area contributed by atoms with Crippen LogP contribution in [0.15, 0.2) is 0 Å². The van der Waals surface area contributed by atoms with Crippen molar-refractivity contribution in [2.75, 3.05) is 34.0 Å². The van der Waals surface area contributed by atoms with Crippen molar-refractivity contribution in [1.29, 1.82) is 0 Å². The van der Waals surface area contributed by atoms with Gasteiger partial charge >= 0.3 is 0 Å². The monoisotopic (exact) mass is 192 g/mol. The average Bonchev–Trinajstić information content (AvgIpc) is 2.76. The third-order valence-corrected chi connectivity index (χ3v) is 1.53. The van der Waals surface area contributed by atoms with Gasteiger partial charge in [-0.25, -0.2) is 0 Å². The summed E-state index contributed by atoms with van der Waals surface area (Å²) in [6, 6.07) is 0. The Morgan fingerprint density at radius 3 is 1.92 bits per heavy atom. The first-order valence-corrected chi connectivity index (χ1v) is 4.93. The minimum absolute atomic E-state index is 0.913. The number of hydrogen-bond acceptors (Lipinski definition) is 3. The molecule has 82 valence electrons. The van der Waals surface area contributed by atoms with E-state index in [4.69, 9.17) is 14.6 Å². The molecule has 1 aliphatic rings. The van der Waals surface area contributed by atoms with Crippen molar-refractivity contribution in [2.45, 2.75) is 32.6 Å². The lowest BCUT2D eigenvalue weighted by Crippen LogP contribution is -1.84. The summed E-state index contributed by atoms with van der Waals surface area (Å²) in [4.78, 5) is 0. The second-order valence-electron chi connectivity index (χ2n) is 2.67. The van der Waals surface area contributed by atoms with Crippen molar-refractivity contribution in [1.82, 2.24) is 0 Å². The highest BCUT2D eigenvalue weighted by atomic mass is 16.5. The quantitative estimate of drug-likeness (QED) is 0.693. The van der Waals surface area contributed by atoms with Crippen LogP contribution in [0.3, 0.4) is 0 Å². The highest BCUT2D eigenvalue weighted by Gasteiger charge is 1.94. The van der Waals surface area contributed by atoms with E-state index >= 15 is 0 Å². The molecule has 1 saturated heterocycles. The molecular formula is C10H24O3. The molecule has 0 saturated carbocycles. The third-order valence-electron chi connectivity index (χ3n) is 1.53. The summed E-state index contributed by atoms with van der Waals surface area (Å²) in [5.74, 6) is 0. The van der Waals surface area contributed by atoms with Crippen LogP contribution in [0.4, 0.5) is 0 Å². The summed E-state index contributed by atoms with van der Waals surface area (Å²) in [6.45, 7) is 5.07. The molecule has 0 bridgehead atoms. The minimum Gasteiger partial charge on any atom is -0.400 e. The SMILES string of the molecule is C1CCOC1.CCCCOC.CO. The molecule has 1 fully saturated rings. The van der Waals surface area contributed by atoms with Gasteiger partial charge in [-0.2, -0.15) is 0 Å². The van der Waals surface area contributed by atoms with E-state index in [1.54, 1.807) is 7.11 Å². The number of aliphatic hydroxyl groups is 1. The van der Waals surface area contributed by atoms with Gasteiger partial charge in [-0.3, -0.25) is 0 Å². The van der Waals surface area contributed by atoms with Gasteiger partial charge in [0.15, 0.2) is 0 Å². The largest absolute Gasteiger partial charge is 0.400 e. The summed E-state index contributed by atoms with van der Waals surface area (Å²) >= 11 is 0. The summed E-state index contributed by atoms with van der Waals surface area (Å²) in [7, 11) is 2.73. The number of unbranched alkanes of at least 4 members (excludes halogenated alkanes) is 1.